The number of nitrogens with zero attached hydrogens (tertiary/aromatic N) is 2. The predicted octanol–water partition coefficient (Wildman–Crippen LogP) is 2.55. The van der Waals surface area contributed by atoms with E-state index in [1.807, 2.05) is 0 Å². The van der Waals surface area contributed by atoms with E-state index in [9.17, 15) is 18.8 Å². The number of rotatable bonds is 5. The number of halogens is 1. The highest BCUT2D eigenvalue weighted by Gasteiger charge is 2.55. The summed E-state index contributed by atoms with van der Waals surface area (Å²) in [6, 6.07) is -1.05. The number of likely N-dealkylation sites (tertiary alicyclic amines) is 2. The quantitative estimate of drug-likeness (QED) is 0.731. The average molecular weight is 407 g/mol. The fraction of sp³-hybridized carbons (Fsp3) is 0.667. The number of fused-ring (bicyclic) bond motifs is 1. The number of carboxylic acid groups (broad SMARTS) is 1. The third-order valence-corrected chi connectivity index (χ3v) is 6.51. The van der Waals surface area contributed by atoms with Crippen LogP contribution in [-0.4, -0.2) is 65.0 Å². The molecule has 0 spiro atoms. The summed E-state index contributed by atoms with van der Waals surface area (Å²) in [5, 5.41) is 11.7. The molecular weight excluding hydrogens is 377 g/mol. The van der Waals surface area contributed by atoms with Gasteiger partial charge in [-0.3, -0.25) is 14.5 Å². The van der Waals surface area contributed by atoms with Crippen LogP contribution in [0.15, 0.2) is 23.6 Å². The molecule has 2 saturated heterocycles. The second-order valence-corrected chi connectivity index (χ2v) is 8.82. The van der Waals surface area contributed by atoms with Gasteiger partial charge in [0.2, 0.25) is 5.91 Å². The van der Waals surface area contributed by atoms with Gasteiger partial charge in [-0.1, -0.05) is 13.0 Å². The lowest BCUT2D eigenvalue weighted by atomic mass is 9.78. The number of allylic oxidation sites excluding steroid dienone is 2. The van der Waals surface area contributed by atoms with Crippen molar-refractivity contribution >= 4 is 17.9 Å². The molecule has 1 aliphatic carbocycles. The summed E-state index contributed by atoms with van der Waals surface area (Å²) in [6.45, 7) is 7.84. The molecule has 160 valence electrons. The van der Waals surface area contributed by atoms with Crippen LogP contribution in [0.3, 0.4) is 0 Å². The lowest BCUT2D eigenvalue weighted by molar-refractivity contribution is -0.137. The molecule has 0 saturated carbocycles. The van der Waals surface area contributed by atoms with Crippen molar-refractivity contribution in [2.45, 2.75) is 46.1 Å². The molecule has 0 aromatic heterocycles. The summed E-state index contributed by atoms with van der Waals surface area (Å²) < 4.78 is 14.2. The second-order valence-electron chi connectivity index (χ2n) is 8.82. The zero-order valence-corrected chi connectivity index (χ0v) is 17.3. The van der Waals surface area contributed by atoms with Crippen molar-refractivity contribution in [1.29, 1.82) is 0 Å². The molecule has 2 heterocycles. The first-order valence-electron chi connectivity index (χ1n) is 10.3. The van der Waals surface area contributed by atoms with Crippen molar-refractivity contribution in [2.75, 3.05) is 26.2 Å². The van der Waals surface area contributed by atoms with Gasteiger partial charge < -0.3 is 15.3 Å². The summed E-state index contributed by atoms with van der Waals surface area (Å²) in [6.07, 6.45) is 4.89. The van der Waals surface area contributed by atoms with E-state index in [1.54, 1.807) is 26.8 Å². The Labute approximate surface area is 170 Å². The van der Waals surface area contributed by atoms with Gasteiger partial charge in [-0.25, -0.2) is 9.18 Å². The molecule has 2 aliphatic heterocycles. The van der Waals surface area contributed by atoms with Crippen molar-refractivity contribution < 1.29 is 23.9 Å². The van der Waals surface area contributed by atoms with Crippen LogP contribution in [0.1, 0.15) is 40.0 Å². The van der Waals surface area contributed by atoms with Crippen LogP contribution >= 0.6 is 0 Å². The van der Waals surface area contributed by atoms with Crippen LogP contribution in [0.2, 0.25) is 0 Å². The lowest BCUT2D eigenvalue weighted by Crippen LogP contribution is -2.50. The van der Waals surface area contributed by atoms with Gasteiger partial charge in [-0.15, -0.1) is 0 Å². The Bertz CT molecular complexity index is 753. The van der Waals surface area contributed by atoms with Crippen molar-refractivity contribution in [2.24, 2.45) is 17.3 Å². The summed E-state index contributed by atoms with van der Waals surface area (Å²) in [5.41, 5.74) is -0.0542. The number of nitrogens with one attached hydrogen (secondary N) is 1. The zero-order chi connectivity index (χ0) is 21.3. The minimum atomic E-state index is -0.830. The van der Waals surface area contributed by atoms with Gasteiger partial charge in [0.15, 0.2) is 0 Å². The maximum Gasteiger partial charge on any atom is 0.324 e. The summed E-state index contributed by atoms with van der Waals surface area (Å²) in [4.78, 5) is 39.8. The minimum absolute atomic E-state index is 0.134. The fourth-order valence-electron chi connectivity index (χ4n) is 4.53. The number of carbonyl (C=O) groups excluding carboxylic acids is 2. The van der Waals surface area contributed by atoms with E-state index in [-0.39, 0.29) is 24.1 Å². The fourth-order valence-corrected chi connectivity index (χ4v) is 4.53. The maximum atomic E-state index is 14.2. The summed E-state index contributed by atoms with van der Waals surface area (Å²) >= 11 is 0. The van der Waals surface area contributed by atoms with E-state index < -0.39 is 29.4 Å². The molecule has 2 N–H and O–H groups in total. The van der Waals surface area contributed by atoms with Crippen LogP contribution in [-0.2, 0) is 9.59 Å². The first-order valence-corrected chi connectivity index (χ1v) is 10.3. The Morgan fingerprint density at radius 1 is 1.28 bits per heavy atom. The number of imide groups is 1. The Morgan fingerprint density at radius 2 is 1.93 bits per heavy atom. The van der Waals surface area contributed by atoms with Gasteiger partial charge >= 0.3 is 12.0 Å². The average Bonchev–Trinajstić information content (AvgIpc) is 2.88. The zero-order valence-electron chi connectivity index (χ0n) is 17.3. The van der Waals surface area contributed by atoms with Crippen LogP contribution in [0.5, 0.6) is 0 Å². The highest BCUT2D eigenvalue weighted by molar-refractivity contribution is 6.02. The van der Waals surface area contributed by atoms with E-state index in [1.165, 1.54) is 11.0 Å². The molecule has 8 heteroatoms. The Balaban J connectivity index is 1.57. The number of aliphatic carboxylic acids is 1. The second kappa shape index (κ2) is 8.26. The third-order valence-electron chi connectivity index (χ3n) is 6.51. The molecule has 7 nitrogen and oxygen atoms in total. The van der Waals surface area contributed by atoms with Gasteiger partial charge in [0.1, 0.15) is 5.83 Å². The molecule has 0 aromatic rings. The first-order chi connectivity index (χ1) is 13.6. The van der Waals surface area contributed by atoms with Gasteiger partial charge in [0.05, 0.1) is 17.9 Å². The van der Waals surface area contributed by atoms with E-state index in [4.69, 9.17) is 5.11 Å². The largest absolute Gasteiger partial charge is 0.481 e. The Morgan fingerprint density at radius 3 is 2.55 bits per heavy atom. The molecule has 29 heavy (non-hydrogen) atoms. The van der Waals surface area contributed by atoms with Crippen molar-refractivity contribution in [3.63, 3.8) is 0 Å². The normalized spacial score (nSPS) is 27.3. The topological polar surface area (TPSA) is 90.0 Å². The van der Waals surface area contributed by atoms with Crippen molar-refractivity contribution in [3.05, 3.63) is 23.6 Å². The first kappa shape index (κ1) is 21.5. The number of piperidine rings is 1. The summed E-state index contributed by atoms with van der Waals surface area (Å²) in [7, 11) is 0. The van der Waals surface area contributed by atoms with E-state index in [2.05, 4.69) is 10.2 Å². The third kappa shape index (κ3) is 4.22. The minimum Gasteiger partial charge on any atom is -0.481 e. The smallest absolute Gasteiger partial charge is 0.324 e. The highest BCUT2D eigenvalue weighted by Crippen LogP contribution is 2.47. The Hall–Kier alpha value is -2.22. The van der Waals surface area contributed by atoms with Gasteiger partial charge in [-0.05, 0) is 57.3 Å². The molecule has 3 amide bonds. The number of urea groups is 1. The molecule has 3 rings (SSSR count). The standard InChI is InChI=1S/C21H30FN3O4/c1-13-16(22)5-4-15-18(13)25(19(28)21(15,2)3)20(29)23-12-14-6-9-24(10-7-14)11-8-17(26)27/h4-5,13-14,18H,6-12H2,1-3H3,(H,23,29)(H,26,27). The lowest BCUT2D eigenvalue weighted by Gasteiger charge is -2.33. The maximum absolute atomic E-state index is 14.2. The number of carboxylic acids is 1. The number of amides is 3. The van der Waals surface area contributed by atoms with Gasteiger partial charge in [0, 0.05) is 19.0 Å². The van der Waals surface area contributed by atoms with Crippen molar-refractivity contribution in [3.8, 4) is 0 Å². The van der Waals surface area contributed by atoms with E-state index >= 15 is 0 Å². The Kier molecular flexibility index (Phi) is 6.12. The molecule has 2 fully saturated rings. The molecule has 0 radical (unpaired) electrons. The number of hydrogen-bond acceptors (Lipinski definition) is 4. The van der Waals surface area contributed by atoms with Crippen LogP contribution < -0.4 is 5.32 Å². The molecule has 0 bridgehead atoms. The summed E-state index contributed by atoms with van der Waals surface area (Å²) in [5.74, 6) is -1.69. The molecule has 3 aliphatic rings. The van der Waals surface area contributed by atoms with Crippen molar-refractivity contribution in [1.82, 2.24) is 15.1 Å². The SMILES string of the molecule is CC1C(F)=CC=C2C1N(C(=O)NCC1CCN(CCC(=O)O)CC1)C(=O)C2(C)C. The number of carbonyl (C=O) groups is 3. The van der Waals surface area contributed by atoms with Crippen LogP contribution in [0.25, 0.3) is 0 Å². The van der Waals surface area contributed by atoms with Crippen LogP contribution in [0, 0.1) is 17.3 Å². The molecule has 2 atom stereocenters. The molecule has 0 aromatic carbocycles. The molecular formula is C21H30FN3O4. The van der Waals surface area contributed by atoms with Crippen LogP contribution in [0.4, 0.5) is 9.18 Å². The molecule has 2 unspecified atom stereocenters. The van der Waals surface area contributed by atoms with E-state index in [0.29, 0.717) is 13.1 Å². The predicted molar refractivity (Wildman–Crippen MR) is 106 cm³/mol. The number of hydrogen-bond donors (Lipinski definition) is 2. The van der Waals surface area contributed by atoms with E-state index in [0.717, 1.165) is 31.5 Å². The monoisotopic (exact) mass is 407 g/mol. The van der Waals surface area contributed by atoms with Gasteiger partial charge in [0.25, 0.3) is 0 Å². The highest BCUT2D eigenvalue weighted by atomic mass is 19.1. The van der Waals surface area contributed by atoms with Gasteiger partial charge in [-0.2, -0.15) is 0 Å².